The van der Waals surface area contributed by atoms with Crippen LogP contribution < -0.4 is 10.6 Å². The summed E-state index contributed by atoms with van der Waals surface area (Å²) in [5.74, 6) is -0.247. The van der Waals surface area contributed by atoms with E-state index in [4.69, 9.17) is 0 Å². The fraction of sp³-hybridized carbons (Fsp3) is 0.238. The maximum absolute atomic E-state index is 13.4. The highest BCUT2D eigenvalue weighted by Crippen LogP contribution is 2.54. The van der Waals surface area contributed by atoms with Crippen molar-refractivity contribution >= 4 is 34.0 Å². The normalized spacial score (nSPS) is 22.6. The van der Waals surface area contributed by atoms with E-state index < -0.39 is 11.5 Å². The molecule has 29 heavy (non-hydrogen) atoms. The van der Waals surface area contributed by atoms with Gasteiger partial charge in [0.05, 0.1) is 6.04 Å². The highest BCUT2D eigenvalue weighted by atomic mass is 32.1. The van der Waals surface area contributed by atoms with Crippen LogP contribution in [0.3, 0.4) is 0 Å². The molecule has 0 bridgehead atoms. The number of carbonyl (C=O) groups excluding carboxylic acids is 2. The second-order valence-electron chi connectivity index (χ2n) is 7.20. The number of hydrogen-bond acceptors (Lipinski definition) is 6. The third kappa shape index (κ3) is 2.56. The second kappa shape index (κ2) is 6.66. The van der Waals surface area contributed by atoms with Crippen molar-refractivity contribution in [3.63, 3.8) is 0 Å². The van der Waals surface area contributed by atoms with Crippen molar-refractivity contribution in [2.75, 3.05) is 24.2 Å². The highest BCUT2D eigenvalue weighted by Gasteiger charge is 2.59. The number of hydrogen-bond donors (Lipinski definition) is 2. The van der Waals surface area contributed by atoms with Gasteiger partial charge in [0.2, 0.25) is 5.91 Å². The van der Waals surface area contributed by atoms with Crippen molar-refractivity contribution in [3.05, 3.63) is 71.0 Å². The minimum atomic E-state index is -0.836. The Kier molecular flexibility index (Phi) is 4.09. The summed E-state index contributed by atoms with van der Waals surface area (Å²) >= 11 is 1.39. The zero-order valence-corrected chi connectivity index (χ0v) is 16.6. The fourth-order valence-corrected chi connectivity index (χ4v) is 5.19. The van der Waals surface area contributed by atoms with Gasteiger partial charge >= 0.3 is 0 Å². The van der Waals surface area contributed by atoms with E-state index in [1.54, 1.807) is 29.7 Å². The quantitative estimate of drug-likeness (QED) is 0.699. The van der Waals surface area contributed by atoms with Crippen LogP contribution in [0.25, 0.3) is 0 Å². The Balaban J connectivity index is 1.64. The van der Waals surface area contributed by atoms with E-state index in [9.17, 15) is 9.59 Å². The number of benzene rings is 1. The van der Waals surface area contributed by atoms with Gasteiger partial charge in [-0.2, -0.15) is 0 Å². The Morgan fingerprint density at radius 3 is 2.93 bits per heavy atom. The van der Waals surface area contributed by atoms with E-state index in [1.807, 2.05) is 36.4 Å². The van der Waals surface area contributed by atoms with Crippen molar-refractivity contribution in [3.8, 4) is 0 Å². The van der Waals surface area contributed by atoms with E-state index in [-0.39, 0.29) is 11.8 Å². The minimum Gasteiger partial charge on any atom is -0.365 e. The van der Waals surface area contributed by atoms with Crippen LogP contribution >= 0.6 is 11.3 Å². The summed E-state index contributed by atoms with van der Waals surface area (Å²) in [5, 5.41) is 8.42. The average molecular weight is 405 g/mol. The largest absolute Gasteiger partial charge is 0.365 e. The zero-order chi connectivity index (χ0) is 20.0. The van der Waals surface area contributed by atoms with Crippen LogP contribution in [-0.2, 0) is 10.2 Å². The van der Waals surface area contributed by atoms with Crippen LogP contribution in [0.1, 0.15) is 34.1 Å². The topological polar surface area (TPSA) is 87.2 Å². The molecule has 1 saturated heterocycles. The van der Waals surface area contributed by atoms with E-state index >= 15 is 0 Å². The van der Waals surface area contributed by atoms with Crippen molar-refractivity contribution in [2.24, 2.45) is 0 Å². The van der Waals surface area contributed by atoms with Crippen LogP contribution in [0, 0.1) is 0 Å². The predicted octanol–water partition coefficient (Wildman–Crippen LogP) is 3.06. The van der Waals surface area contributed by atoms with Gasteiger partial charge in [0.25, 0.3) is 5.91 Å². The first-order valence-corrected chi connectivity index (χ1v) is 10.3. The number of para-hydroxylation sites is 1. The van der Waals surface area contributed by atoms with Crippen molar-refractivity contribution < 1.29 is 9.59 Å². The molecule has 2 atom stereocenters. The van der Waals surface area contributed by atoms with Gasteiger partial charge < -0.3 is 15.5 Å². The number of thiazole rings is 1. The van der Waals surface area contributed by atoms with Crippen LogP contribution in [0.2, 0.25) is 0 Å². The number of carbonyl (C=O) groups is 2. The van der Waals surface area contributed by atoms with Gasteiger partial charge in [0.15, 0.2) is 5.13 Å². The number of likely N-dealkylation sites (tertiary alicyclic amines) is 1. The number of aromatic nitrogens is 2. The zero-order valence-electron chi connectivity index (χ0n) is 15.8. The lowest BCUT2D eigenvalue weighted by Crippen LogP contribution is -2.42. The number of nitrogens with one attached hydrogen (secondary N) is 2. The molecule has 0 saturated carbocycles. The monoisotopic (exact) mass is 405 g/mol. The Labute approximate surface area is 171 Å². The van der Waals surface area contributed by atoms with Gasteiger partial charge in [-0.25, -0.2) is 4.98 Å². The molecule has 5 rings (SSSR count). The van der Waals surface area contributed by atoms with Gasteiger partial charge in [-0.05, 0) is 29.7 Å². The predicted molar refractivity (Wildman–Crippen MR) is 111 cm³/mol. The van der Waals surface area contributed by atoms with E-state index in [0.717, 1.165) is 16.8 Å². The van der Waals surface area contributed by atoms with Crippen LogP contribution in [0.15, 0.2) is 54.2 Å². The number of amides is 2. The molecule has 8 heteroatoms. The van der Waals surface area contributed by atoms with Crippen LogP contribution in [0.4, 0.5) is 10.8 Å². The summed E-state index contributed by atoms with van der Waals surface area (Å²) in [7, 11) is 1.77. The fourth-order valence-electron chi connectivity index (χ4n) is 4.54. The lowest BCUT2D eigenvalue weighted by Gasteiger charge is -2.34. The summed E-state index contributed by atoms with van der Waals surface area (Å²) in [6.07, 6.45) is 3.98. The smallest absolute Gasteiger partial charge is 0.273 e. The summed E-state index contributed by atoms with van der Waals surface area (Å²) in [5.41, 5.74) is 2.14. The number of pyridine rings is 1. The number of anilines is 2. The summed E-state index contributed by atoms with van der Waals surface area (Å²) in [6.45, 7) is 0.465. The third-order valence-corrected chi connectivity index (χ3v) is 6.64. The molecule has 1 aromatic carbocycles. The molecular weight excluding hydrogens is 386 g/mol. The maximum Gasteiger partial charge on any atom is 0.273 e. The second-order valence-corrected chi connectivity index (χ2v) is 8.05. The van der Waals surface area contributed by atoms with Gasteiger partial charge in [-0.3, -0.25) is 14.6 Å². The molecule has 4 heterocycles. The molecule has 2 aliphatic rings. The maximum atomic E-state index is 13.4. The Morgan fingerprint density at radius 1 is 1.31 bits per heavy atom. The molecule has 1 spiro atoms. The third-order valence-electron chi connectivity index (χ3n) is 5.78. The Bertz CT molecular complexity index is 1100. The number of rotatable bonds is 3. The van der Waals surface area contributed by atoms with E-state index in [0.29, 0.717) is 23.8 Å². The van der Waals surface area contributed by atoms with Gasteiger partial charge in [0, 0.05) is 37.1 Å². The van der Waals surface area contributed by atoms with Gasteiger partial charge in [-0.1, -0.05) is 24.3 Å². The summed E-state index contributed by atoms with van der Waals surface area (Å²) < 4.78 is 0. The first-order valence-electron chi connectivity index (χ1n) is 9.40. The molecule has 2 N–H and O–H groups in total. The standard InChI is InChI=1S/C21H19N5O2S/c1-22-20-25-16(12-29-20)18(27)26-10-8-21(17(26)13-5-4-9-23-11-13)14-6-2-3-7-15(14)24-19(21)28/h2-7,9,11-12,17H,8,10H2,1H3,(H,22,25)(H,24,28). The lowest BCUT2D eigenvalue weighted by molar-refractivity contribution is -0.121. The summed E-state index contributed by atoms with van der Waals surface area (Å²) in [4.78, 5) is 37.1. The molecule has 146 valence electrons. The van der Waals surface area contributed by atoms with Crippen molar-refractivity contribution in [2.45, 2.75) is 17.9 Å². The molecular formula is C21H19N5O2S. The molecule has 1 fully saturated rings. The van der Waals surface area contributed by atoms with Gasteiger partial charge in [0.1, 0.15) is 11.1 Å². The van der Waals surface area contributed by atoms with Crippen molar-refractivity contribution in [1.29, 1.82) is 0 Å². The van der Waals surface area contributed by atoms with E-state index in [1.165, 1.54) is 11.3 Å². The number of fused-ring (bicyclic) bond motifs is 2. The molecule has 2 unspecified atom stereocenters. The minimum absolute atomic E-state index is 0.0722. The molecule has 3 aromatic rings. The van der Waals surface area contributed by atoms with Crippen LogP contribution in [0.5, 0.6) is 0 Å². The number of nitrogens with zero attached hydrogens (tertiary/aromatic N) is 3. The van der Waals surface area contributed by atoms with Gasteiger partial charge in [-0.15, -0.1) is 11.3 Å². The lowest BCUT2D eigenvalue weighted by atomic mass is 9.73. The molecule has 2 aliphatic heterocycles. The van der Waals surface area contributed by atoms with Crippen LogP contribution in [-0.4, -0.2) is 40.3 Å². The van der Waals surface area contributed by atoms with Crippen molar-refractivity contribution in [1.82, 2.24) is 14.9 Å². The molecule has 0 radical (unpaired) electrons. The molecule has 2 aromatic heterocycles. The Morgan fingerprint density at radius 2 is 2.17 bits per heavy atom. The molecule has 7 nitrogen and oxygen atoms in total. The summed E-state index contributed by atoms with van der Waals surface area (Å²) in [6, 6.07) is 11.0. The van der Waals surface area contributed by atoms with E-state index in [2.05, 4.69) is 20.6 Å². The average Bonchev–Trinajstić information content (AvgIpc) is 3.46. The highest BCUT2D eigenvalue weighted by molar-refractivity contribution is 7.13. The SMILES string of the molecule is CNc1nc(C(=O)N2CCC3(C(=O)Nc4ccccc43)C2c2cccnc2)cs1. The first kappa shape index (κ1) is 17.8. The first-order chi connectivity index (χ1) is 14.1. The molecule has 2 amide bonds. The Hall–Kier alpha value is -3.26. The molecule has 0 aliphatic carbocycles.